The summed E-state index contributed by atoms with van der Waals surface area (Å²) in [5.74, 6) is -0.440. The van der Waals surface area contributed by atoms with Crippen LogP contribution >= 0.6 is 45.9 Å². The van der Waals surface area contributed by atoms with E-state index in [1.54, 1.807) is 6.07 Å². The zero-order valence-electron chi connectivity index (χ0n) is 9.54. The van der Waals surface area contributed by atoms with Gasteiger partial charge in [0.1, 0.15) is 9.21 Å². The molecule has 0 aliphatic rings. The number of hydrogen-bond acceptors (Lipinski definition) is 5. The first-order valence-electron chi connectivity index (χ1n) is 4.88. The third kappa shape index (κ3) is 2.23. The average molecular weight is 322 g/mol. The molecule has 0 atom stereocenters. The number of ether oxygens (including phenoxy) is 1. The van der Waals surface area contributed by atoms with Crippen LogP contribution in [0.3, 0.4) is 0 Å². The lowest BCUT2D eigenvalue weighted by Crippen LogP contribution is -2.01. The van der Waals surface area contributed by atoms with Crippen molar-refractivity contribution >= 4 is 57.5 Å². The van der Waals surface area contributed by atoms with Gasteiger partial charge in [-0.05, 0) is 18.6 Å². The third-order valence-corrected chi connectivity index (χ3v) is 5.27. The van der Waals surface area contributed by atoms with E-state index in [4.69, 9.17) is 33.7 Å². The number of nitrogen functional groups attached to an aromatic ring is 1. The summed E-state index contributed by atoms with van der Waals surface area (Å²) in [4.78, 5) is 12.8. The van der Waals surface area contributed by atoms with Gasteiger partial charge in [0.2, 0.25) is 0 Å². The number of methoxy groups -OCH3 is 1. The Bertz CT molecular complexity index is 619. The summed E-state index contributed by atoms with van der Waals surface area (Å²) in [6.07, 6.45) is 0. The molecule has 0 spiro atoms. The van der Waals surface area contributed by atoms with Crippen LogP contribution in [-0.2, 0) is 4.74 Å². The molecule has 7 heteroatoms. The zero-order valence-corrected chi connectivity index (χ0v) is 12.7. The maximum absolute atomic E-state index is 11.6. The molecular formula is C11H9Cl2NO2S2. The molecule has 0 saturated heterocycles. The smallest absolute Gasteiger partial charge is 0.350 e. The molecule has 0 aliphatic carbocycles. The van der Waals surface area contributed by atoms with Crippen molar-refractivity contribution in [1.29, 1.82) is 0 Å². The van der Waals surface area contributed by atoms with Gasteiger partial charge >= 0.3 is 5.97 Å². The number of carbonyl (C=O) groups excluding carboxylic acids is 1. The van der Waals surface area contributed by atoms with Gasteiger partial charge < -0.3 is 10.5 Å². The first-order valence-corrected chi connectivity index (χ1v) is 7.27. The summed E-state index contributed by atoms with van der Waals surface area (Å²) in [7, 11) is 1.32. The minimum atomic E-state index is -0.440. The number of carbonyl (C=O) groups is 1. The van der Waals surface area contributed by atoms with Gasteiger partial charge in [0.25, 0.3) is 0 Å². The molecule has 0 aromatic carbocycles. The SMILES string of the molecule is COC(=O)c1sc(-c2cc(Cl)sc2Cl)c(C)c1N. The molecule has 18 heavy (non-hydrogen) atoms. The van der Waals surface area contributed by atoms with Crippen LogP contribution in [-0.4, -0.2) is 13.1 Å². The Morgan fingerprint density at radius 1 is 1.39 bits per heavy atom. The van der Waals surface area contributed by atoms with Gasteiger partial charge in [-0.25, -0.2) is 4.79 Å². The van der Waals surface area contributed by atoms with Crippen LogP contribution in [0.25, 0.3) is 10.4 Å². The van der Waals surface area contributed by atoms with Crippen molar-refractivity contribution in [3.63, 3.8) is 0 Å². The molecule has 3 nitrogen and oxygen atoms in total. The predicted molar refractivity (Wildman–Crippen MR) is 78.1 cm³/mol. The number of thiophene rings is 2. The summed E-state index contributed by atoms with van der Waals surface area (Å²) in [5, 5.41) is 0. The highest BCUT2D eigenvalue weighted by Crippen LogP contribution is 2.45. The van der Waals surface area contributed by atoms with Crippen LogP contribution in [0.5, 0.6) is 0 Å². The van der Waals surface area contributed by atoms with Gasteiger partial charge in [-0.2, -0.15) is 0 Å². The Morgan fingerprint density at radius 2 is 2.06 bits per heavy atom. The molecule has 2 rings (SSSR count). The second-order valence-corrected chi connectivity index (χ2v) is 6.83. The van der Waals surface area contributed by atoms with E-state index < -0.39 is 5.97 Å². The van der Waals surface area contributed by atoms with Crippen molar-refractivity contribution in [1.82, 2.24) is 0 Å². The third-order valence-electron chi connectivity index (χ3n) is 2.47. The number of anilines is 1. The summed E-state index contributed by atoms with van der Waals surface area (Å²) in [6, 6.07) is 1.77. The minimum Gasteiger partial charge on any atom is -0.465 e. The number of nitrogens with two attached hydrogens (primary N) is 1. The van der Waals surface area contributed by atoms with Crippen LogP contribution in [0.1, 0.15) is 15.2 Å². The van der Waals surface area contributed by atoms with Gasteiger partial charge in [-0.3, -0.25) is 0 Å². The van der Waals surface area contributed by atoms with Gasteiger partial charge in [0.05, 0.1) is 17.1 Å². The second-order valence-electron chi connectivity index (χ2n) is 3.53. The van der Waals surface area contributed by atoms with Gasteiger partial charge in [-0.1, -0.05) is 23.2 Å². The lowest BCUT2D eigenvalue weighted by atomic mass is 10.1. The van der Waals surface area contributed by atoms with E-state index in [1.165, 1.54) is 29.8 Å². The van der Waals surface area contributed by atoms with Gasteiger partial charge in [0.15, 0.2) is 0 Å². The van der Waals surface area contributed by atoms with Gasteiger partial charge in [-0.15, -0.1) is 22.7 Å². The van der Waals surface area contributed by atoms with Crippen molar-refractivity contribution in [2.75, 3.05) is 12.8 Å². The molecule has 96 valence electrons. The molecular weight excluding hydrogens is 313 g/mol. The Hall–Kier alpha value is -0.750. The largest absolute Gasteiger partial charge is 0.465 e. The molecule has 0 fully saturated rings. The van der Waals surface area contributed by atoms with Crippen LogP contribution < -0.4 is 5.73 Å². The topological polar surface area (TPSA) is 52.3 Å². The quantitative estimate of drug-likeness (QED) is 0.831. The van der Waals surface area contributed by atoms with E-state index in [1.807, 2.05) is 6.92 Å². The summed E-state index contributed by atoms with van der Waals surface area (Å²) in [6.45, 7) is 1.84. The second kappa shape index (κ2) is 5.09. The highest BCUT2D eigenvalue weighted by molar-refractivity contribution is 7.22. The van der Waals surface area contributed by atoms with E-state index in [9.17, 15) is 4.79 Å². The molecule has 2 aromatic heterocycles. The molecule has 0 amide bonds. The molecule has 0 radical (unpaired) electrons. The molecule has 2 N–H and O–H groups in total. The highest BCUT2D eigenvalue weighted by atomic mass is 35.5. The van der Waals surface area contributed by atoms with Crippen molar-refractivity contribution < 1.29 is 9.53 Å². The molecule has 0 unspecified atom stereocenters. The lowest BCUT2D eigenvalue weighted by molar-refractivity contribution is 0.0607. The molecule has 0 aliphatic heterocycles. The predicted octanol–water partition coefficient (Wildman–Crippen LogP) is 4.46. The first kappa shape index (κ1) is 13.7. The standard InChI is InChI=1S/C11H9Cl2NO2S2/c1-4-7(14)9(11(15)16-2)18-8(4)5-3-6(12)17-10(5)13/h3H,14H2,1-2H3. The summed E-state index contributed by atoms with van der Waals surface area (Å²) < 4.78 is 5.87. The van der Waals surface area contributed by atoms with Crippen LogP contribution in [0.2, 0.25) is 8.67 Å². The summed E-state index contributed by atoms with van der Waals surface area (Å²) in [5.41, 5.74) is 7.96. The first-order chi connectivity index (χ1) is 8.45. The fraction of sp³-hybridized carbons (Fsp3) is 0.182. The van der Waals surface area contributed by atoms with Gasteiger partial charge in [0, 0.05) is 10.4 Å². The number of esters is 1. The minimum absolute atomic E-state index is 0.392. The Morgan fingerprint density at radius 3 is 2.56 bits per heavy atom. The van der Waals surface area contributed by atoms with Crippen molar-refractivity contribution in [3.05, 3.63) is 25.2 Å². The molecule has 0 saturated carbocycles. The van der Waals surface area contributed by atoms with Crippen LogP contribution in [0.15, 0.2) is 6.07 Å². The highest BCUT2D eigenvalue weighted by Gasteiger charge is 2.22. The zero-order chi connectivity index (χ0) is 13.4. The van der Waals surface area contributed by atoms with Crippen LogP contribution in [0, 0.1) is 6.92 Å². The van der Waals surface area contributed by atoms with Crippen molar-refractivity contribution in [2.45, 2.75) is 6.92 Å². The number of rotatable bonds is 2. The van der Waals surface area contributed by atoms with Crippen molar-refractivity contribution in [3.8, 4) is 10.4 Å². The van der Waals surface area contributed by atoms with Crippen molar-refractivity contribution in [2.24, 2.45) is 0 Å². The van der Waals surface area contributed by atoms with E-state index >= 15 is 0 Å². The molecule has 2 heterocycles. The normalized spacial score (nSPS) is 10.7. The Balaban J connectivity index is 2.59. The Labute approximate surface area is 122 Å². The monoisotopic (exact) mass is 321 g/mol. The van der Waals surface area contributed by atoms with E-state index in [0.717, 1.165) is 16.0 Å². The molecule has 2 aromatic rings. The summed E-state index contributed by atoms with van der Waals surface area (Å²) >= 11 is 14.6. The van der Waals surface area contributed by atoms with Crippen LogP contribution in [0.4, 0.5) is 5.69 Å². The Kier molecular flexibility index (Phi) is 3.87. The van der Waals surface area contributed by atoms with E-state index in [0.29, 0.717) is 19.2 Å². The number of halogens is 2. The van der Waals surface area contributed by atoms with E-state index in [2.05, 4.69) is 0 Å². The maximum atomic E-state index is 11.6. The molecule has 0 bridgehead atoms. The number of hydrogen-bond donors (Lipinski definition) is 1. The average Bonchev–Trinajstić information content (AvgIpc) is 2.80. The fourth-order valence-electron chi connectivity index (χ4n) is 1.52. The van der Waals surface area contributed by atoms with E-state index in [-0.39, 0.29) is 0 Å². The fourth-order valence-corrected chi connectivity index (χ4v) is 4.29. The maximum Gasteiger partial charge on any atom is 0.350 e. The lowest BCUT2D eigenvalue weighted by Gasteiger charge is -1.97.